The number of hydrogen-bond acceptors (Lipinski definition) is 8. The number of benzene rings is 8. The number of aromatic hydroxyl groups is 8. The summed E-state index contributed by atoms with van der Waals surface area (Å²) in [5.74, 6) is 2.65. The standard InChI is InChI=1S/2C30H30O4/c2*31-26-13-8-22(9-14-26)17-25(12-7-21-3-1-5-28(33)18-21)30(24-4-2-6-29(34)20-24)19-23-10-15-27(32)16-11-23/h2*1-6,8-11,13-16,18,20,25,30-34H,7,12,17,19H2/t2*25-,30+/m10/s1. The van der Waals surface area contributed by atoms with Crippen LogP contribution in [0, 0.1) is 11.8 Å². The molecule has 0 amide bonds. The highest BCUT2D eigenvalue weighted by atomic mass is 16.3. The van der Waals surface area contributed by atoms with Crippen molar-refractivity contribution >= 4 is 0 Å². The van der Waals surface area contributed by atoms with Crippen LogP contribution in [0.15, 0.2) is 194 Å². The lowest BCUT2D eigenvalue weighted by Gasteiger charge is -2.29. The number of aryl methyl sites for hydroxylation is 2. The lowest BCUT2D eigenvalue weighted by Crippen LogP contribution is -2.19. The lowest BCUT2D eigenvalue weighted by molar-refractivity contribution is 0.386. The molecular formula is C60H60O8. The van der Waals surface area contributed by atoms with Gasteiger partial charge in [0, 0.05) is 0 Å². The van der Waals surface area contributed by atoms with Gasteiger partial charge in [-0.2, -0.15) is 0 Å². The fourth-order valence-electron chi connectivity index (χ4n) is 9.28. The van der Waals surface area contributed by atoms with E-state index in [4.69, 9.17) is 0 Å². The van der Waals surface area contributed by atoms with Crippen molar-refractivity contribution in [3.63, 3.8) is 0 Å². The van der Waals surface area contributed by atoms with Crippen molar-refractivity contribution in [2.45, 2.75) is 63.2 Å². The minimum Gasteiger partial charge on any atom is -0.508 e. The van der Waals surface area contributed by atoms with Crippen molar-refractivity contribution in [1.29, 1.82) is 0 Å². The van der Waals surface area contributed by atoms with E-state index in [-0.39, 0.29) is 69.7 Å². The van der Waals surface area contributed by atoms with Crippen LogP contribution in [0.4, 0.5) is 0 Å². The van der Waals surface area contributed by atoms with E-state index in [1.807, 2.05) is 97.1 Å². The predicted molar refractivity (Wildman–Crippen MR) is 269 cm³/mol. The van der Waals surface area contributed by atoms with Gasteiger partial charge in [-0.05, 0) is 217 Å². The Morgan fingerprint density at radius 3 is 0.824 bits per heavy atom. The maximum Gasteiger partial charge on any atom is 0.115 e. The van der Waals surface area contributed by atoms with Gasteiger partial charge >= 0.3 is 0 Å². The van der Waals surface area contributed by atoms with Crippen LogP contribution in [-0.2, 0) is 38.5 Å². The Labute approximate surface area is 399 Å². The lowest BCUT2D eigenvalue weighted by atomic mass is 9.76. The van der Waals surface area contributed by atoms with E-state index in [9.17, 15) is 40.9 Å². The van der Waals surface area contributed by atoms with Crippen molar-refractivity contribution in [3.05, 3.63) is 239 Å². The molecule has 348 valence electrons. The van der Waals surface area contributed by atoms with Gasteiger partial charge in [0.25, 0.3) is 0 Å². The Balaban J connectivity index is 0.000000201. The zero-order valence-electron chi connectivity index (χ0n) is 38.0. The second kappa shape index (κ2) is 23.6. The van der Waals surface area contributed by atoms with Gasteiger partial charge < -0.3 is 40.9 Å². The Morgan fingerprint density at radius 1 is 0.250 bits per heavy atom. The van der Waals surface area contributed by atoms with Crippen LogP contribution in [0.5, 0.6) is 46.0 Å². The zero-order chi connectivity index (χ0) is 47.8. The van der Waals surface area contributed by atoms with E-state index >= 15 is 0 Å². The first-order valence-corrected chi connectivity index (χ1v) is 23.2. The fraction of sp³-hybridized carbons (Fsp3) is 0.200. The van der Waals surface area contributed by atoms with Crippen LogP contribution in [0.1, 0.15) is 69.2 Å². The quantitative estimate of drug-likeness (QED) is 0.0422. The van der Waals surface area contributed by atoms with Crippen LogP contribution in [0.3, 0.4) is 0 Å². The Kier molecular flexibility index (Phi) is 16.7. The minimum atomic E-state index is 0.114. The highest BCUT2D eigenvalue weighted by Crippen LogP contribution is 2.38. The molecule has 8 heteroatoms. The van der Waals surface area contributed by atoms with Gasteiger partial charge in [0.2, 0.25) is 0 Å². The SMILES string of the molecule is Oc1ccc(C[C@@H](CCc2cccc(O)c2)[C@@H](Cc2ccc(O)cc2)c2cccc(O)c2)cc1.Oc1ccc(C[C@H](CCc2cccc(O)c2)[C@H](Cc2ccc(O)cc2)c2cccc(O)c2)cc1. The Bertz CT molecular complexity index is 2590. The molecule has 8 N–H and O–H groups in total. The van der Waals surface area contributed by atoms with E-state index < -0.39 is 0 Å². The molecule has 0 spiro atoms. The Hall–Kier alpha value is -7.84. The molecule has 0 aliphatic carbocycles. The molecule has 4 atom stereocenters. The molecular weight excluding hydrogens is 849 g/mol. The molecule has 0 aliphatic heterocycles. The molecule has 0 bridgehead atoms. The summed E-state index contributed by atoms with van der Waals surface area (Å²) in [4.78, 5) is 0. The van der Waals surface area contributed by atoms with Crippen molar-refractivity contribution in [3.8, 4) is 46.0 Å². The van der Waals surface area contributed by atoms with Crippen LogP contribution < -0.4 is 0 Å². The maximum absolute atomic E-state index is 10.2. The van der Waals surface area contributed by atoms with Crippen molar-refractivity contribution in [1.82, 2.24) is 0 Å². The third-order valence-corrected chi connectivity index (χ3v) is 12.8. The fourth-order valence-corrected chi connectivity index (χ4v) is 9.28. The summed E-state index contributed by atoms with van der Waals surface area (Å²) >= 11 is 0. The van der Waals surface area contributed by atoms with E-state index in [0.717, 1.165) is 95.9 Å². The first-order chi connectivity index (χ1) is 32.9. The highest BCUT2D eigenvalue weighted by molar-refractivity contribution is 5.37. The largest absolute Gasteiger partial charge is 0.508 e. The van der Waals surface area contributed by atoms with Crippen LogP contribution in [-0.4, -0.2) is 40.9 Å². The summed E-state index contributed by atoms with van der Waals surface area (Å²) in [5.41, 5.74) is 8.77. The average Bonchev–Trinajstić information content (AvgIpc) is 3.33. The summed E-state index contributed by atoms with van der Waals surface area (Å²) in [6.45, 7) is 0. The second-order valence-electron chi connectivity index (χ2n) is 17.8. The zero-order valence-corrected chi connectivity index (χ0v) is 38.0. The van der Waals surface area contributed by atoms with Gasteiger partial charge in [-0.1, -0.05) is 97.1 Å². The summed E-state index contributed by atoms with van der Waals surface area (Å²) in [6, 6.07) is 58.9. The normalized spacial score (nSPS) is 12.8. The molecule has 8 aromatic carbocycles. The summed E-state index contributed by atoms with van der Waals surface area (Å²) in [7, 11) is 0. The topological polar surface area (TPSA) is 162 Å². The van der Waals surface area contributed by atoms with Crippen LogP contribution >= 0.6 is 0 Å². The minimum absolute atomic E-state index is 0.114. The first-order valence-electron chi connectivity index (χ1n) is 23.2. The van der Waals surface area contributed by atoms with Gasteiger partial charge in [0.1, 0.15) is 46.0 Å². The molecule has 0 saturated carbocycles. The maximum atomic E-state index is 10.2. The summed E-state index contributed by atoms with van der Waals surface area (Å²) < 4.78 is 0. The number of rotatable bonds is 18. The van der Waals surface area contributed by atoms with Crippen LogP contribution in [0.2, 0.25) is 0 Å². The van der Waals surface area contributed by atoms with E-state index in [2.05, 4.69) is 12.1 Å². The van der Waals surface area contributed by atoms with Crippen LogP contribution in [0.25, 0.3) is 0 Å². The van der Waals surface area contributed by atoms with Gasteiger partial charge in [0.15, 0.2) is 0 Å². The van der Waals surface area contributed by atoms with Crippen molar-refractivity contribution in [2.75, 3.05) is 0 Å². The molecule has 0 fully saturated rings. The summed E-state index contributed by atoms with van der Waals surface area (Å²) in [5, 5.41) is 79.2. The molecule has 68 heavy (non-hydrogen) atoms. The monoisotopic (exact) mass is 908 g/mol. The highest BCUT2D eigenvalue weighted by Gasteiger charge is 2.26. The smallest absolute Gasteiger partial charge is 0.115 e. The molecule has 8 nitrogen and oxygen atoms in total. The molecule has 0 radical (unpaired) electrons. The molecule has 0 aliphatic rings. The average molecular weight is 909 g/mol. The van der Waals surface area contributed by atoms with E-state index in [0.29, 0.717) is 0 Å². The van der Waals surface area contributed by atoms with Gasteiger partial charge in [-0.15, -0.1) is 0 Å². The van der Waals surface area contributed by atoms with E-state index in [1.54, 1.807) is 84.9 Å². The third kappa shape index (κ3) is 14.6. The van der Waals surface area contributed by atoms with Gasteiger partial charge in [0.05, 0.1) is 0 Å². The molecule has 0 aromatic heterocycles. The van der Waals surface area contributed by atoms with Crippen molar-refractivity contribution in [2.24, 2.45) is 11.8 Å². The number of hydrogen-bond donors (Lipinski definition) is 8. The van der Waals surface area contributed by atoms with E-state index in [1.165, 1.54) is 0 Å². The number of phenolic OH excluding ortho intramolecular Hbond substituents is 8. The number of phenols is 8. The molecule has 0 heterocycles. The first kappa shape index (κ1) is 48.1. The molecule has 8 rings (SSSR count). The van der Waals surface area contributed by atoms with Gasteiger partial charge in [-0.3, -0.25) is 0 Å². The predicted octanol–water partition coefficient (Wildman–Crippen LogP) is 12.7. The third-order valence-electron chi connectivity index (χ3n) is 12.8. The second-order valence-corrected chi connectivity index (χ2v) is 17.8. The Morgan fingerprint density at radius 2 is 0.529 bits per heavy atom. The molecule has 8 aromatic rings. The molecule has 0 saturated heterocycles. The van der Waals surface area contributed by atoms with Crippen molar-refractivity contribution < 1.29 is 40.9 Å². The summed E-state index contributed by atoms with van der Waals surface area (Å²) in [6.07, 6.45) is 6.49. The van der Waals surface area contributed by atoms with Gasteiger partial charge in [-0.25, -0.2) is 0 Å². The molecule has 0 unspecified atom stereocenters.